The van der Waals surface area contributed by atoms with E-state index in [0.717, 1.165) is 55.0 Å². The first kappa shape index (κ1) is 23.8. The molecule has 0 saturated carbocycles. The van der Waals surface area contributed by atoms with Crippen LogP contribution in [0, 0.1) is 6.92 Å². The molecular formula is C26H34N4O2S. The van der Waals surface area contributed by atoms with Gasteiger partial charge in [-0.25, -0.2) is 0 Å². The summed E-state index contributed by atoms with van der Waals surface area (Å²) in [5, 5.41) is 10.1. The van der Waals surface area contributed by atoms with Gasteiger partial charge in [0.2, 0.25) is 0 Å². The third-order valence-corrected chi connectivity index (χ3v) is 6.96. The zero-order chi connectivity index (χ0) is 23.0. The molecule has 3 aromatic rings. The lowest BCUT2D eigenvalue weighted by Gasteiger charge is -2.20. The fourth-order valence-electron chi connectivity index (χ4n) is 4.15. The smallest absolute Gasteiger partial charge is 0.191 e. The Morgan fingerprint density at radius 2 is 1.88 bits per heavy atom. The lowest BCUT2D eigenvalue weighted by molar-refractivity contribution is 0.0934. The van der Waals surface area contributed by atoms with Gasteiger partial charge < -0.3 is 14.0 Å². The van der Waals surface area contributed by atoms with E-state index in [4.69, 9.17) is 9.47 Å². The lowest BCUT2D eigenvalue weighted by atomic mass is 10.1. The number of aromatic nitrogens is 3. The summed E-state index contributed by atoms with van der Waals surface area (Å²) in [4.78, 5) is 2.27. The number of hydrogen-bond donors (Lipinski definition) is 0. The SMILES string of the molecule is CCOc1ccccc1CN(C)Cc1nnc(SCc2ccccc2C)n1C[C@H]1CCCO1. The Hall–Kier alpha value is -2.35. The van der Waals surface area contributed by atoms with Crippen LogP contribution < -0.4 is 4.74 Å². The molecular weight excluding hydrogens is 432 g/mol. The summed E-state index contributed by atoms with van der Waals surface area (Å²) in [6.07, 6.45) is 2.46. The van der Waals surface area contributed by atoms with Crippen LogP contribution in [0.25, 0.3) is 0 Å². The first-order valence-electron chi connectivity index (χ1n) is 11.7. The molecule has 1 fully saturated rings. The van der Waals surface area contributed by atoms with Crippen LogP contribution in [0.3, 0.4) is 0 Å². The third-order valence-electron chi connectivity index (χ3n) is 5.95. The van der Waals surface area contributed by atoms with Crippen LogP contribution in [0.5, 0.6) is 5.75 Å². The van der Waals surface area contributed by atoms with Gasteiger partial charge in [-0.3, -0.25) is 4.90 Å². The monoisotopic (exact) mass is 466 g/mol. The number of benzene rings is 2. The molecule has 1 aliphatic rings. The van der Waals surface area contributed by atoms with Crippen molar-refractivity contribution in [3.63, 3.8) is 0 Å². The van der Waals surface area contributed by atoms with Crippen LogP contribution in [-0.4, -0.2) is 46.0 Å². The summed E-state index contributed by atoms with van der Waals surface area (Å²) in [6, 6.07) is 16.8. The van der Waals surface area contributed by atoms with Gasteiger partial charge in [0, 0.05) is 24.5 Å². The molecule has 0 amide bonds. The number of rotatable bonds is 11. The topological polar surface area (TPSA) is 52.4 Å². The first-order chi connectivity index (χ1) is 16.1. The molecule has 0 N–H and O–H groups in total. The van der Waals surface area contributed by atoms with Gasteiger partial charge in [-0.05, 0) is 50.9 Å². The van der Waals surface area contributed by atoms with Gasteiger partial charge in [0.05, 0.1) is 25.8 Å². The number of nitrogens with zero attached hydrogens (tertiary/aromatic N) is 4. The maximum absolute atomic E-state index is 5.95. The van der Waals surface area contributed by atoms with E-state index in [2.05, 4.69) is 70.0 Å². The summed E-state index contributed by atoms with van der Waals surface area (Å²) < 4.78 is 14.0. The Bertz CT molecular complexity index is 1030. The van der Waals surface area contributed by atoms with Crippen molar-refractivity contribution >= 4 is 11.8 Å². The molecule has 6 nitrogen and oxygen atoms in total. The molecule has 1 saturated heterocycles. The second kappa shape index (κ2) is 11.7. The summed E-state index contributed by atoms with van der Waals surface area (Å²) in [6.45, 7) is 8.00. The van der Waals surface area contributed by atoms with E-state index in [1.807, 2.05) is 19.1 Å². The molecule has 4 rings (SSSR count). The van der Waals surface area contributed by atoms with Gasteiger partial charge in [-0.1, -0.05) is 54.2 Å². The van der Waals surface area contributed by atoms with Crippen LogP contribution in [0.4, 0.5) is 0 Å². The average molecular weight is 467 g/mol. The molecule has 1 atom stereocenters. The maximum atomic E-state index is 5.95. The lowest BCUT2D eigenvalue weighted by Crippen LogP contribution is -2.23. The molecule has 2 aromatic carbocycles. The van der Waals surface area contributed by atoms with Gasteiger partial charge in [0.25, 0.3) is 0 Å². The van der Waals surface area contributed by atoms with Gasteiger partial charge in [-0.15, -0.1) is 10.2 Å². The maximum Gasteiger partial charge on any atom is 0.191 e. The Morgan fingerprint density at radius 3 is 2.64 bits per heavy atom. The van der Waals surface area contributed by atoms with Crippen molar-refractivity contribution in [3.05, 3.63) is 71.0 Å². The minimum Gasteiger partial charge on any atom is -0.494 e. The molecule has 0 bridgehead atoms. The van der Waals surface area contributed by atoms with Crippen molar-refractivity contribution in [2.24, 2.45) is 0 Å². The highest BCUT2D eigenvalue weighted by atomic mass is 32.2. The van der Waals surface area contributed by atoms with Crippen molar-refractivity contribution in [2.75, 3.05) is 20.3 Å². The molecule has 0 radical (unpaired) electrons. The number of ether oxygens (including phenoxy) is 2. The second-order valence-corrected chi connectivity index (χ2v) is 9.52. The highest BCUT2D eigenvalue weighted by Gasteiger charge is 2.22. The fraction of sp³-hybridized carbons (Fsp3) is 0.462. The Balaban J connectivity index is 1.49. The molecule has 1 aliphatic heterocycles. The highest BCUT2D eigenvalue weighted by Crippen LogP contribution is 2.26. The molecule has 0 spiro atoms. The van der Waals surface area contributed by atoms with Crippen LogP contribution >= 0.6 is 11.8 Å². The number of thioether (sulfide) groups is 1. The first-order valence-corrected chi connectivity index (χ1v) is 12.7. The number of para-hydroxylation sites is 1. The van der Waals surface area contributed by atoms with Crippen LogP contribution in [0.1, 0.15) is 42.3 Å². The van der Waals surface area contributed by atoms with Crippen molar-refractivity contribution < 1.29 is 9.47 Å². The molecule has 0 aliphatic carbocycles. The Labute approximate surface area is 201 Å². The van der Waals surface area contributed by atoms with E-state index in [1.54, 1.807) is 11.8 Å². The minimum absolute atomic E-state index is 0.238. The summed E-state index contributed by atoms with van der Waals surface area (Å²) in [5.74, 6) is 2.81. The van der Waals surface area contributed by atoms with Gasteiger partial charge >= 0.3 is 0 Å². The van der Waals surface area contributed by atoms with Gasteiger partial charge in [0.1, 0.15) is 11.6 Å². The van der Waals surface area contributed by atoms with E-state index >= 15 is 0 Å². The third kappa shape index (κ3) is 6.37. The predicted octanol–water partition coefficient (Wildman–Crippen LogP) is 5.09. The fourth-order valence-corrected chi connectivity index (χ4v) is 5.19. The molecule has 7 heteroatoms. The van der Waals surface area contributed by atoms with Crippen LogP contribution in [-0.2, 0) is 30.1 Å². The van der Waals surface area contributed by atoms with Crippen molar-refractivity contribution in [2.45, 2.75) is 63.3 Å². The molecule has 0 unspecified atom stereocenters. The van der Waals surface area contributed by atoms with Crippen LogP contribution in [0.2, 0.25) is 0 Å². The van der Waals surface area contributed by atoms with E-state index in [-0.39, 0.29) is 6.10 Å². The van der Waals surface area contributed by atoms with E-state index in [9.17, 15) is 0 Å². The van der Waals surface area contributed by atoms with Crippen molar-refractivity contribution in [1.29, 1.82) is 0 Å². The zero-order valence-electron chi connectivity index (χ0n) is 19.9. The zero-order valence-corrected chi connectivity index (χ0v) is 20.7. The normalized spacial score (nSPS) is 15.9. The molecule has 33 heavy (non-hydrogen) atoms. The average Bonchev–Trinajstić information content (AvgIpc) is 3.46. The summed E-state index contributed by atoms with van der Waals surface area (Å²) in [5.41, 5.74) is 3.82. The largest absolute Gasteiger partial charge is 0.494 e. The molecule has 2 heterocycles. The Kier molecular flexibility index (Phi) is 8.42. The minimum atomic E-state index is 0.238. The van der Waals surface area contributed by atoms with Crippen molar-refractivity contribution in [3.8, 4) is 5.75 Å². The summed E-state index contributed by atoms with van der Waals surface area (Å²) >= 11 is 1.75. The quantitative estimate of drug-likeness (QED) is 0.367. The molecule has 176 valence electrons. The Morgan fingerprint density at radius 1 is 1.09 bits per heavy atom. The van der Waals surface area contributed by atoms with E-state index < -0.39 is 0 Å². The van der Waals surface area contributed by atoms with E-state index in [0.29, 0.717) is 13.2 Å². The highest BCUT2D eigenvalue weighted by molar-refractivity contribution is 7.98. The second-order valence-electron chi connectivity index (χ2n) is 8.57. The van der Waals surface area contributed by atoms with Crippen LogP contribution in [0.15, 0.2) is 53.7 Å². The van der Waals surface area contributed by atoms with Gasteiger partial charge in [-0.2, -0.15) is 0 Å². The molecule has 1 aromatic heterocycles. The standard InChI is InChI=1S/C26H34N4O2S/c1-4-31-24-14-8-7-11-21(24)16-29(3)18-25-27-28-26(30(25)17-23-13-9-15-32-23)33-19-22-12-6-5-10-20(22)2/h5-8,10-12,14,23H,4,9,13,15-19H2,1-3H3/t23-/m1/s1. The number of aryl methyl sites for hydroxylation is 1. The van der Waals surface area contributed by atoms with Crippen molar-refractivity contribution in [1.82, 2.24) is 19.7 Å². The number of hydrogen-bond acceptors (Lipinski definition) is 6. The van der Waals surface area contributed by atoms with Gasteiger partial charge in [0.15, 0.2) is 5.16 Å². The predicted molar refractivity (Wildman–Crippen MR) is 133 cm³/mol. The van der Waals surface area contributed by atoms with E-state index in [1.165, 1.54) is 16.7 Å². The summed E-state index contributed by atoms with van der Waals surface area (Å²) in [7, 11) is 2.12.